The average Bonchev–Trinajstić information content (AvgIpc) is 2.99. The quantitative estimate of drug-likeness (QED) is 0.744. The number of hydrogen-bond acceptors (Lipinski definition) is 5. The van der Waals surface area contributed by atoms with Crippen molar-refractivity contribution in [3.63, 3.8) is 0 Å². The van der Waals surface area contributed by atoms with Crippen LogP contribution in [0.1, 0.15) is 10.4 Å². The van der Waals surface area contributed by atoms with E-state index in [0.29, 0.717) is 11.5 Å². The number of nitrogens with zero attached hydrogens (tertiary/aromatic N) is 4. The lowest BCUT2D eigenvalue weighted by Gasteiger charge is -2.02. The molecule has 1 amide bonds. The minimum absolute atomic E-state index is 0.186. The Labute approximate surface area is 124 Å². The smallest absolute Gasteiger partial charge is 0.258 e. The third-order valence-corrected chi connectivity index (χ3v) is 2.99. The molecule has 8 nitrogen and oxygen atoms in total. The molecule has 0 unspecified atom stereocenters. The summed E-state index contributed by atoms with van der Waals surface area (Å²) in [6, 6.07) is 8.19. The number of hydrogen-bond donors (Lipinski definition) is 2. The van der Waals surface area contributed by atoms with Gasteiger partial charge in [-0.1, -0.05) is 6.07 Å². The molecule has 8 heteroatoms. The van der Waals surface area contributed by atoms with Crippen molar-refractivity contribution in [3.05, 3.63) is 58.6 Å². The maximum absolute atomic E-state index is 12.1. The molecule has 3 aromatic rings. The Hall–Kier alpha value is -3.29. The van der Waals surface area contributed by atoms with Crippen LogP contribution in [0.15, 0.2) is 47.5 Å². The van der Waals surface area contributed by atoms with Crippen LogP contribution >= 0.6 is 0 Å². The molecule has 0 bridgehead atoms. The molecule has 0 saturated heterocycles. The highest BCUT2D eigenvalue weighted by molar-refractivity contribution is 6.03. The fraction of sp³-hybridized carbons (Fsp3) is 0.0714. The lowest BCUT2D eigenvalue weighted by Crippen LogP contribution is -2.20. The molecule has 0 atom stereocenters. The highest BCUT2D eigenvalue weighted by atomic mass is 16.2. The summed E-state index contributed by atoms with van der Waals surface area (Å²) in [5, 5.41) is 10.3. The second-order valence-corrected chi connectivity index (χ2v) is 4.56. The van der Waals surface area contributed by atoms with E-state index >= 15 is 0 Å². The number of rotatable bonds is 3. The van der Waals surface area contributed by atoms with Crippen LogP contribution in [-0.2, 0) is 7.05 Å². The molecule has 0 aliphatic rings. The maximum Gasteiger partial charge on any atom is 0.258 e. The summed E-state index contributed by atoms with van der Waals surface area (Å²) in [5.74, 6) is 0.188. The van der Waals surface area contributed by atoms with E-state index in [4.69, 9.17) is 0 Å². The zero-order valence-electron chi connectivity index (χ0n) is 11.6. The monoisotopic (exact) mass is 296 g/mol. The minimum Gasteiger partial charge on any atom is -0.319 e. The third-order valence-electron chi connectivity index (χ3n) is 2.99. The fourth-order valence-electron chi connectivity index (χ4n) is 1.81. The number of aromatic amines is 1. The zero-order chi connectivity index (χ0) is 15.5. The number of carbonyl (C=O) groups is 1. The van der Waals surface area contributed by atoms with Crippen LogP contribution in [0.3, 0.4) is 0 Å². The lowest BCUT2D eigenvalue weighted by atomic mass is 10.2. The molecule has 0 aromatic carbocycles. The number of amides is 1. The summed E-state index contributed by atoms with van der Waals surface area (Å²) < 4.78 is 1.38. The van der Waals surface area contributed by atoms with Crippen LogP contribution in [0.25, 0.3) is 11.5 Å². The highest BCUT2D eigenvalue weighted by Crippen LogP contribution is 2.12. The van der Waals surface area contributed by atoms with Crippen LogP contribution in [-0.4, -0.2) is 30.6 Å². The van der Waals surface area contributed by atoms with E-state index in [2.05, 4.69) is 25.5 Å². The third kappa shape index (κ3) is 2.75. The topological polar surface area (TPSA) is 106 Å². The first kappa shape index (κ1) is 13.7. The molecule has 22 heavy (non-hydrogen) atoms. The maximum atomic E-state index is 12.1. The summed E-state index contributed by atoms with van der Waals surface area (Å²) in [7, 11) is 1.61. The van der Waals surface area contributed by atoms with Gasteiger partial charge in [0.25, 0.3) is 11.5 Å². The van der Waals surface area contributed by atoms with Crippen molar-refractivity contribution in [1.29, 1.82) is 0 Å². The van der Waals surface area contributed by atoms with Crippen molar-refractivity contribution >= 4 is 11.9 Å². The van der Waals surface area contributed by atoms with Crippen LogP contribution < -0.4 is 10.9 Å². The van der Waals surface area contributed by atoms with Crippen LogP contribution in [0.2, 0.25) is 0 Å². The van der Waals surface area contributed by atoms with E-state index in [0.717, 1.165) is 0 Å². The molecule has 0 aliphatic heterocycles. The Kier molecular flexibility index (Phi) is 3.48. The van der Waals surface area contributed by atoms with Gasteiger partial charge in [-0.25, -0.2) is 0 Å². The van der Waals surface area contributed by atoms with Gasteiger partial charge in [-0.15, -0.1) is 10.2 Å². The first-order valence-corrected chi connectivity index (χ1v) is 6.45. The fourth-order valence-corrected chi connectivity index (χ4v) is 1.81. The van der Waals surface area contributed by atoms with Gasteiger partial charge in [0.05, 0.1) is 0 Å². The first-order chi connectivity index (χ1) is 10.6. The van der Waals surface area contributed by atoms with Gasteiger partial charge in [-0.3, -0.25) is 19.9 Å². The molecule has 110 valence electrons. The summed E-state index contributed by atoms with van der Waals surface area (Å²) in [6.07, 6.45) is 3.16. The largest absolute Gasteiger partial charge is 0.319 e. The Morgan fingerprint density at radius 1 is 1.27 bits per heavy atom. The van der Waals surface area contributed by atoms with E-state index in [1.54, 1.807) is 31.4 Å². The first-order valence-electron chi connectivity index (χ1n) is 6.45. The standard InChI is InChI=1S/C14H12N6O2/c1-20-7-5-9(8-11(20)21)13(22)17-14-16-12(18-19-14)10-4-2-3-6-15-10/h2-8H,1H3,(H2,16,17,18,19,22). The summed E-state index contributed by atoms with van der Waals surface area (Å²) in [6.45, 7) is 0. The second kappa shape index (κ2) is 5.60. The minimum atomic E-state index is -0.443. The predicted octanol–water partition coefficient (Wildman–Crippen LogP) is 0.818. The Morgan fingerprint density at radius 2 is 2.14 bits per heavy atom. The zero-order valence-corrected chi connectivity index (χ0v) is 11.6. The molecule has 3 aromatic heterocycles. The average molecular weight is 296 g/mol. The Morgan fingerprint density at radius 3 is 2.86 bits per heavy atom. The van der Waals surface area contributed by atoms with Crippen LogP contribution in [0, 0.1) is 0 Å². The van der Waals surface area contributed by atoms with Gasteiger partial charge in [0.1, 0.15) is 5.69 Å². The molecule has 3 rings (SSSR count). The van der Waals surface area contributed by atoms with Crippen molar-refractivity contribution < 1.29 is 4.79 Å². The summed E-state index contributed by atoms with van der Waals surface area (Å²) in [4.78, 5) is 30.6. The van der Waals surface area contributed by atoms with Gasteiger partial charge in [0, 0.05) is 31.1 Å². The van der Waals surface area contributed by atoms with E-state index in [1.165, 1.54) is 16.8 Å². The lowest BCUT2D eigenvalue weighted by molar-refractivity contribution is 0.102. The van der Waals surface area contributed by atoms with E-state index < -0.39 is 5.91 Å². The Bertz CT molecular complexity index is 868. The number of carbonyl (C=O) groups excluding carboxylic acids is 1. The summed E-state index contributed by atoms with van der Waals surface area (Å²) in [5.41, 5.74) is 0.599. The second-order valence-electron chi connectivity index (χ2n) is 4.56. The molecule has 0 radical (unpaired) electrons. The van der Waals surface area contributed by atoms with Crippen molar-refractivity contribution in [2.75, 3.05) is 5.32 Å². The van der Waals surface area contributed by atoms with E-state index in [1.807, 2.05) is 6.07 Å². The van der Waals surface area contributed by atoms with Gasteiger partial charge in [0.2, 0.25) is 5.95 Å². The number of aromatic nitrogens is 5. The van der Waals surface area contributed by atoms with Crippen LogP contribution in [0.5, 0.6) is 0 Å². The molecular weight excluding hydrogens is 284 g/mol. The molecule has 0 saturated carbocycles. The normalized spacial score (nSPS) is 10.4. The van der Waals surface area contributed by atoms with Gasteiger partial charge in [-0.2, -0.15) is 0 Å². The van der Waals surface area contributed by atoms with Crippen molar-refractivity contribution in [2.24, 2.45) is 7.05 Å². The number of pyridine rings is 2. The number of H-pyrrole nitrogens is 1. The van der Waals surface area contributed by atoms with Gasteiger partial charge < -0.3 is 9.55 Å². The van der Waals surface area contributed by atoms with E-state index in [-0.39, 0.29) is 17.1 Å². The van der Waals surface area contributed by atoms with Crippen molar-refractivity contribution in [1.82, 2.24) is 24.7 Å². The van der Waals surface area contributed by atoms with Crippen molar-refractivity contribution in [3.8, 4) is 11.5 Å². The molecule has 0 fully saturated rings. The number of aryl methyl sites for hydroxylation is 1. The number of nitrogens with one attached hydrogen (secondary N) is 2. The Balaban J connectivity index is 1.79. The highest BCUT2D eigenvalue weighted by Gasteiger charge is 2.11. The van der Waals surface area contributed by atoms with Gasteiger partial charge >= 0.3 is 0 Å². The van der Waals surface area contributed by atoms with E-state index in [9.17, 15) is 9.59 Å². The number of anilines is 1. The molecule has 3 heterocycles. The molecular formula is C14H12N6O2. The van der Waals surface area contributed by atoms with Gasteiger partial charge in [0.15, 0.2) is 5.82 Å². The summed E-state index contributed by atoms with van der Waals surface area (Å²) >= 11 is 0. The molecule has 0 aliphatic carbocycles. The predicted molar refractivity (Wildman–Crippen MR) is 79.2 cm³/mol. The van der Waals surface area contributed by atoms with Gasteiger partial charge in [-0.05, 0) is 18.2 Å². The van der Waals surface area contributed by atoms with Crippen LogP contribution in [0.4, 0.5) is 5.95 Å². The SMILES string of the molecule is Cn1ccc(C(=O)Nc2nnc(-c3ccccn3)[nH]2)cc1=O. The molecule has 2 N–H and O–H groups in total. The molecule has 0 spiro atoms. The van der Waals surface area contributed by atoms with Crippen molar-refractivity contribution in [2.45, 2.75) is 0 Å².